The van der Waals surface area contributed by atoms with Gasteiger partial charge in [0.15, 0.2) is 5.76 Å². The topological polar surface area (TPSA) is 84.1 Å². The fraction of sp³-hybridized carbons (Fsp3) is 0.261. The summed E-state index contributed by atoms with van der Waals surface area (Å²) in [6, 6.07) is 8.55. The van der Waals surface area contributed by atoms with Crippen molar-refractivity contribution in [2.75, 3.05) is 20.3 Å². The Morgan fingerprint density at radius 1 is 1.19 bits per heavy atom. The number of carbonyl (C=O) groups excluding carboxylic acids is 2. The number of benzene rings is 1. The van der Waals surface area contributed by atoms with Crippen molar-refractivity contribution in [2.45, 2.75) is 19.9 Å². The average molecular weight is 423 g/mol. The molecule has 1 N–H and O–H groups in total. The van der Waals surface area contributed by atoms with Crippen molar-refractivity contribution in [2.24, 2.45) is 0 Å². The molecule has 8 heteroatoms. The number of amides is 1. The molecule has 1 amide bonds. The van der Waals surface area contributed by atoms with Gasteiger partial charge >= 0.3 is 0 Å². The van der Waals surface area contributed by atoms with Gasteiger partial charge in [-0.25, -0.2) is 9.37 Å². The Balaban J connectivity index is 1.96. The minimum Gasteiger partial charge on any atom is -0.505 e. The van der Waals surface area contributed by atoms with Crippen LogP contribution in [0.15, 0.2) is 48.2 Å². The SMILES string of the molecule is COCCN1C(=O)C(=O)C(=C(O)c2nc3c(C)cccn3c2C)C1c1ccccc1F. The molecule has 0 bridgehead atoms. The van der Waals surface area contributed by atoms with Gasteiger partial charge in [-0.2, -0.15) is 0 Å². The van der Waals surface area contributed by atoms with Crippen molar-refractivity contribution in [3.8, 4) is 0 Å². The van der Waals surface area contributed by atoms with Crippen molar-refractivity contribution < 1.29 is 23.8 Å². The van der Waals surface area contributed by atoms with Crippen molar-refractivity contribution in [1.29, 1.82) is 0 Å². The quantitative estimate of drug-likeness (QED) is 0.387. The highest BCUT2D eigenvalue weighted by Gasteiger charge is 2.47. The predicted molar refractivity (Wildman–Crippen MR) is 112 cm³/mol. The molecule has 1 aliphatic rings. The van der Waals surface area contributed by atoms with Gasteiger partial charge in [0.25, 0.3) is 11.7 Å². The summed E-state index contributed by atoms with van der Waals surface area (Å²) in [5.74, 6) is -2.70. The molecule has 1 atom stereocenters. The number of ether oxygens (including phenoxy) is 1. The first kappa shape index (κ1) is 20.7. The first-order valence-electron chi connectivity index (χ1n) is 9.83. The van der Waals surface area contributed by atoms with E-state index in [4.69, 9.17) is 4.74 Å². The second-order valence-corrected chi connectivity index (χ2v) is 7.44. The highest BCUT2D eigenvalue weighted by atomic mass is 19.1. The van der Waals surface area contributed by atoms with Crippen molar-refractivity contribution >= 4 is 23.1 Å². The van der Waals surface area contributed by atoms with Crippen LogP contribution in [0.25, 0.3) is 11.4 Å². The second-order valence-electron chi connectivity index (χ2n) is 7.44. The Morgan fingerprint density at radius 3 is 2.61 bits per heavy atom. The van der Waals surface area contributed by atoms with Crippen LogP contribution >= 0.6 is 0 Å². The summed E-state index contributed by atoms with van der Waals surface area (Å²) >= 11 is 0. The fourth-order valence-electron chi connectivity index (χ4n) is 3.99. The van der Waals surface area contributed by atoms with Crippen molar-refractivity contribution in [1.82, 2.24) is 14.3 Å². The first-order chi connectivity index (χ1) is 14.9. The van der Waals surface area contributed by atoms with E-state index in [0.29, 0.717) is 11.3 Å². The summed E-state index contributed by atoms with van der Waals surface area (Å²) in [5, 5.41) is 11.2. The first-order valence-corrected chi connectivity index (χ1v) is 9.83. The molecule has 7 nitrogen and oxygen atoms in total. The number of imidazole rings is 1. The third-order valence-corrected chi connectivity index (χ3v) is 5.58. The van der Waals surface area contributed by atoms with E-state index in [1.807, 2.05) is 19.1 Å². The number of carbonyl (C=O) groups is 2. The van der Waals surface area contributed by atoms with Crippen LogP contribution in [0.3, 0.4) is 0 Å². The average Bonchev–Trinajstić information content (AvgIpc) is 3.22. The lowest BCUT2D eigenvalue weighted by atomic mass is 9.96. The molecule has 0 spiro atoms. The molecule has 2 aromatic heterocycles. The van der Waals surface area contributed by atoms with E-state index in [0.717, 1.165) is 5.56 Å². The number of likely N-dealkylation sites (tertiary alicyclic amines) is 1. The number of pyridine rings is 1. The Labute approximate surface area is 178 Å². The van der Waals surface area contributed by atoms with E-state index in [1.54, 1.807) is 23.6 Å². The molecule has 1 unspecified atom stereocenters. The van der Waals surface area contributed by atoms with Gasteiger partial charge in [0, 0.05) is 25.4 Å². The minimum absolute atomic E-state index is 0.0696. The van der Waals surface area contributed by atoms with Crippen LogP contribution in [0.5, 0.6) is 0 Å². The smallest absolute Gasteiger partial charge is 0.295 e. The third-order valence-electron chi connectivity index (χ3n) is 5.58. The summed E-state index contributed by atoms with van der Waals surface area (Å²) in [7, 11) is 1.47. The van der Waals surface area contributed by atoms with E-state index in [9.17, 15) is 19.1 Å². The van der Waals surface area contributed by atoms with Crippen LogP contribution in [0.1, 0.15) is 28.6 Å². The maximum atomic E-state index is 14.7. The zero-order valence-electron chi connectivity index (χ0n) is 17.4. The molecular formula is C23H22FN3O4. The standard InChI is InChI=1S/C23H22FN3O4/c1-13-7-6-10-26-14(2)18(25-22(13)26)20(28)17-19(15-8-4-5-9-16(15)24)27(11-12-31-3)23(30)21(17)29/h4-10,19,28H,11-12H2,1-3H3. The maximum Gasteiger partial charge on any atom is 0.295 e. The zero-order chi connectivity index (χ0) is 22.3. The number of rotatable bonds is 5. The largest absolute Gasteiger partial charge is 0.505 e. The number of Topliss-reactive ketones (excluding diaryl/α,β-unsaturated/α-hetero) is 1. The summed E-state index contributed by atoms with van der Waals surface area (Å²) in [6.07, 6.45) is 1.80. The molecule has 31 heavy (non-hydrogen) atoms. The number of aromatic nitrogens is 2. The normalized spacial score (nSPS) is 18.3. The molecule has 0 saturated carbocycles. The number of hydrogen-bond donors (Lipinski definition) is 1. The third kappa shape index (κ3) is 3.29. The number of aliphatic hydroxyl groups excluding tert-OH is 1. The molecule has 160 valence electrons. The summed E-state index contributed by atoms with van der Waals surface area (Å²) < 4.78 is 21.6. The van der Waals surface area contributed by atoms with Gasteiger partial charge in [-0.1, -0.05) is 24.3 Å². The molecule has 3 heterocycles. The number of nitrogens with zero attached hydrogens (tertiary/aromatic N) is 3. The number of aryl methyl sites for hydroxylation is 2. The van der Waals surface area contributed by atoms with Crippen LogP contribution in [-0.2, 0) is 14.3 Å². The Morgan fingerprint density at radius 2 is 1.94 bits per heavy atom. The van der Waals surface area contributed by atoms with Crippen LogP contribution < -0.4 is 0 Å². The number of methoxy groups -OCH3 is 1. The van der Waals surface area contributed by atoms with Gasteiger partial charge in [0.1, 0.15) is 17.2 Å². The molecule has 3 aromatic rings. The second kappa shape index (κ2) is 7.96. The van der Waals surface area contributed by atoms with Gasteiger partial charge in [-0.15, -0.1) is 0 Å². The van der Waals surface area contributed by atoms with Crippen LogP contribution in [0.2, 0.25) is 0 Å². The predicted octanol–water partition coefficient (Wildman–Crippen LogP) is 3.16. The number of halogens is 1. The van der Waals surface area contributed by atoms with Crippen LogP contribution in [-0.4, -0.2) is 51.3 Å². The van der Waals surface area contributed by atoms with E-state index >= 15 is 0 Å². The van der Waals surface area contributed by atoms with Gasteiger partial charge in [0.05, 0.1) is 23.9 Å². The van der Waals surface area contributed by atoms with Crippen molar-refractivity contribution in [3.05, 3.63) is 76.5 Å². The monoisotopic (exact) mass is 423 g/mol. The van der Waals surface area contributed by atoms with Crippen LogP contribution in [0, 0.1) is 19.7 Å². The molecular weight excluding hydrogens is 401 g/mol. The van der Waals surface area contributed by atoms with Gasteiger partial charge < -0.3 is 19.1 Å². The van der Waals surface area contributed by atoms with Gasteiger partial charge in [-0.05, 0) is 31.5 Å². The number of ketones is 1. The van der Waals surface area contributed by atoms with Crippen molar-refractivity contribution in [3.63, 3.8) is 0 Å². The Bertz CT molecular complexity index is 1230. The fourth-order valence-corrected chi connectivity index (χ4v) is 3.99. The van der Waals surface area contributed by atoms with E-state index in [1.165, 1.54) is 30.2 Å². The lowest BCUT2D eigenvalue weighted by Gasteiger charge is -2.25. The molecule has 1 aromatic carbocycles. The molecule has 4 rings (SSSR count). The highest BCUT2D eigenvalue weighted by Crippen LogP contribution is 2.40. The van der Waals surface area contributed by atoms with Gasteiger partial charge in [0.2, 0.25) is 0 Å². The number of aliphatic hydroxyl groups is 1. The summed E-state index contributed by atoms with van der Waals surface area (Å²) in [5.41, 5.74) is 2.23. The van der Waals surface area contributed by atoms with Crippen LogP contribution in [0.4, 0.5) is 4.39 Å². The number of fused-ring (bicyclic) bond motifs is 1. The van der Waals surface area contributed by atoms with E-state index < -0.39 is 29.3 Å². The minimum atomic E-state index is -1.08. The summed E-state index contributed by atoms with van der Waals surface area (Å²) in [4.78, 5) is 31.5. The Kier molecular flexibility index (Phi) is 5.32. The molecule has 1 saturated heterocycles. The lowest BCUT2D eigenvalue weighted by molar-refractivity contribution is -0.140. The Hall–Kier alpha value is -3.52. The van der Waals surface area contributed by atoms with E-state index in [-0.39, 0.29) is 30.0 Å². The lowest BCUT2D eigenvalue weighted by Crippen LogP contribution is -2.33. The molecule has 0 aliphatic carbocycles. The maximum absolute atomic E-state index is 14.7. The van der Waals surface area contributed by atoms with Gasteiger partial charge in [-0.3, -0.25) is 9.59 Å². The number of hydrogen-bond acceptors (Lipinski definition) is 5. The molecule has 1 aliphatic heterocycles. The summed E-state index contributed by atoms with van der Waals surface area (Å²) in [6.45, 7) is 3.87. The molecule has 0 radical (unpaired) electrons. The van der Waals surface area contributed by atoms with E-state index in [2.05, 4.69) is 4.98 Å². The highest BCUT2D eigenvalue weighted by molar-refractivity contribution is 6.46. The zero-order valence-corrected chi connectivity index (χ0v) is 17.4. The molecule has 1 fully saturated rings.